The second-order valence-corrected chi connectivity index (χ2v) is 9.18. The van der Waals surface area contributed by atoms with Crippen LogP contribution in [-0.4, -0.2) is 76.3 Å². The molecule has 10 heteroatoms. The molecule has 3 aromatic rings. The lowest BCUT2D eigenvalue weighted by Crippen LogP contribution is -2.44. The maximum Gasteiger partial charge on any atom is 0.254 e. The molecule has 2 aliphatic rings. The number of imidazole rings is 1. The van der Waals surface area contributed by atoms with Crippen LogP contribution in [0.3, 0.4) is 0 Å². The number of rotatable bonds is 5. The van der Waals surface area contributed by atoms with Crippen LogP contribution in [0.5, 0.6) is 0 Å². The summed E-state index contributed by atoms with van der Waals surface area (Å²) in [6.07, 6.45) is -0.180. The van der Waals surface area contributed by atoms with Crippen molar-refractivity contribution in [1.82, 2.24) is 24.7 Å². The molecule has 1 atom stereocenters. The van der Waals surface area contributed by atoms with Gasteiger partial charge >= 0.3 is 0 Å². The molecule has 0 radical (unpaired) electrons. The second-order valence-electron chi connectivity index (χ2n) is 9.18. The minimum Gasteiger partial charge on any atom is -0.340 e. The van der Waals surface area contributed by atoms with E-state index in [0.717, 1.165) is 49.6 Å². The zero-order chi connectivity index (χ0) is 24.5. The molecule has 0 spiro atoms. The quantitative estimate of drug-likeness (QED) is 0.515. The fourth-order valence-electron chi connectivity index (χ4n) is 4.53. The number of nitrogens with one attached hydrogen (secondary N) is 3. The van der Waals surface area contributed by atoms with Crippen LogP contribution in [0.4, 0.5) is 11.4 Å². The highest BCUT2D eigenvalue weighted by molar-refractivity contribution is 6.11. The van der Waals surface area contributed by atoms with E-state index in [-0.39, 0.29) is 18.2 Å². The molecule has 3 N–H and O–H groups in total. The van der Waals surface area contributed by atoms with Crippen LogP contribution in [0, 0.1) is 0 Å². The van der Waals surface area contributed by atoms with Crippen LogP contribution >= 0.6 is 0 Å². The summed E-state index contributed by atoms with van der Waals surface area (Å²) in [6, 6.07) is 11.4. The molecule has 35 heavy (non-hydrogen) atoms. The van der Waals surface area contributed by atoms with E-state index < -0.39 is 11.9 Å². The molecular formula is C25H29N7O3. The number of hydrogen-bond acceptors (Lipinski definition) is 6. The van der Waals surface area contributed by atoms with Gasteiger partial charge < -0.3 is 25.4 Å². The maximum atomic E-state index is 12.7. The number of anilines is 2. The molecular weight excluding hydrogens is 446 g/mol. The number of amides is 3. The van der Waals surface area contributed by atoms with Gasteiger partial charge in [0.2, 0.25) is 11.8 Å². The topological polar surface area (TPSA) is 112 Å². The molecule has 2 aliphatic heterocycles. The Morgan fingerprint density at radius 2 is 1.86 bits per heavy atom. The molecule has 1 aromatic heterocycles. The molecule has 2 aromatic carbocycles. The van der Waals surface area contributed by atoms with Gasteiger partial charge in [-0.05, 0) is 37.4 Å². The third-order valence-electron chi connectivity index (χ3n) is 6.66. The zero-order valence-corrected chi connectivity index (χ0v) is 19.9. The lowest BCUT2D eigenvalue weighted by Gasteiger charge is -2.31. The molecule has 182 valence electrons. The van der Waals surface area contributed by atoms with Crippen molar-refractivity contribution in [3.05, 3.63) is 53.9 Å². The van der Waals surface area contributed by atoms with E-state index in [4.69, 9.17) is 4.98 Å². The van der Waals surface area contributed by atoms with E-state index in [1.165, 1.54) is 0 Å². The summed E-state index contributed by atoms with van der Waals surface area (Å²) in [5.74, 6) is -0.207. The number of carbonyl (C=O) groups is 3. The second kappa shape index (κ2) is 9.47. The third kappa shape index (κ3) is 4.89. The van der Waals surface area contributed by atoms with Crippen molar-refractivity contribution in [1.29, 1.82) is 0 Å². The normalized spacial score (nSPS) is 19.1. The number of aryl methyl sites for hydroxylation is 1. The number of fused-ring (bicyclic) bond motifs is 2. The average Bonchev–Trinajstić information content (AvgIpc) is 3.08. The van der Waals surface area contributed by atoms with E-state index in [9.17, 15) is 14.4 Å². The number of aromatic nitrogens is 2. The fourth-order valence-corrected chi connectivity index (χ4v) is 4.53. The summed E-state index contributed by atoms with van der Waals surface area (Å²) >= 11 is 0. The minimum atomic E-state index is -0.969. The Kier molecular flexibility index (Phi) is 6.23. The molecule has 1 saturated heterocycles. The van der Waals surface area contributed by atoms with Crippen LogP contribution in [0.2, 0.25) is 0 Å². The maximum absolute atomic E-state index is 12.7. The summed E-state index contributed by atoms with van der Waals surface area (Å²) < 4.78 is 2.09. The van der Waals surface area contributed by atoms with Crippen LogP contribution in [0.25, 0.3) is 11.0 Å². The summed E-state index contributed by atoms with van der Waals surface area (Å²) in [5, 5.41) is 8.21. The first kappa shape index (κ1) is 23.0. The van der Waals surface area contributed by atoms with E-state index in [0.29, 0.717) is 16.9 Å². The summed E-state index contributed by atoms with van der Waals surface area (Å²) in [4.78, 5) is 47.3. The van der Waals surface area contributed by atoms with E-state index >= 15 is 0 Å². The average molecular weight is 476 g/mol. The predicted molar refractivity (Wildman–Crippen MR) is 133 cm³/mol. The lowest BCUT2D eigenvalue weighted by molar-refractivity contribution is -0.122. The highest BCUT2D eigenvalue weighted by Gasteiger charge is 2.29. The van der Waals surface area contributed by atoms with Crippen molar-refractivity contribution in [3.63, 3.8) is 0 Å². The fraction of sp³-hybridized carbons (Fsp3) is 0.360. The molecule has 1 unspecified atom stereocenters. The highest BCUT2D eigenvalue weighted by Crippen LogP contribution is 2.22. The Morgan fingerprint density at radius 1 is 1.09 bits per heavy atom. The SMILES string of the molecule is CN1CCN(Cc2nc3cc(NC(=O)CC4NC(=O)c5ccccc5NC4=O)ccc3n2C)CC1. The highest BCUT2D eigenvalue weighted by atomic mass is 16.2. The molecule has 10 nitrogen and oxygen atoms in total. The summed E-state index contributed by atoms with van der Waals surface area (Å²) in [6.45, 7) is 4.89. The molecule has 0 saturated carbocycles. The first-order chi connectivity index (χ1) is 16.9. The number of benzene rings is 2. The van der Waals surface area contributed by atoms with Gasteiger partial charge in [0.1, 0.15) is 11.9 Å². The number of piperazine rings is 1. The Bertz CT molecular complexity index is 1290. The van der Waals surface area contributed by atoms with Gasteiger partial charge in [-0.1, -0.05) is 12.1 Å². The van der Waals surface area contributed by atoms with Gasteiger partial charge in [-0.25, -0.2) is 4.98 Å². The van der Waals surface area contributed by atoms with Crippen molar-refractivity contribution < 1.29 is 14.4 Å². The molecule has 3 amide bonds. The van der Waals surface area contributed by atoms with E-state index in [2.05, 4.69) is 37.4 Å². The summed E-state index contributed by atoms with van der Waals surface area (Å²) in [7, 11) is 4.14. The first-order valence-corrected chi connectivity index (χ1v) is 11.7. The van der Waals surface area contributed by atoms with Gasteiger partial charge in [-0.15, -0.1) is 0 Å². The Balaban J connectivity index is 1.25. The Hall–Kier alpha value is -3.76. The van der Waals surface area contributed by atoms with Crippen molar-refractivity contribution in [2.75, 3.05) is 43.9 Å². The molecule has 1 fully saturated rings. The van der Waals surface area contributed by atoms with Gasteiger partial charge in [-0.3, -0.25) is 19.3 Å². The van der Waals surface area contributed by atoms with Crippen molar-refractivity contribution in [3.8, 4) is 0 Å². The van der Waals surface area contributed by atoms with E-state index in [1.807, 2.05) is 25.2 Å². The zero-order valence-electron chi connectivity index (χ0n) is 19.9. The predicted octanol–water partition coefficient (Wildman–Crippen LogP) is 1.40. The smallest absolute Gasteiger partial charge is 0.254 e. The third-order valence-corrected chi connectivity index (χ3v) is 6.66. The standard InChI is InChI=1S/C25H29N7O3/c1-30-9-11-32(12-10-30)15-22-27-19-13-16(7-8-21(19)31(22)2)26-23(33)14-20-25(35)28-18-6-4-3-5-17(18)24(34)29-20/h3-8,13,20H,9-12,14-15H2,1-2H3,(H,26,33)(H,28,35)(H,29,34). The molecule has 0 aliphatic carbocycles. The van der Waals surface area contributed by atoms with Crippen LogP contribution in [0.1, 0.15) is 22.6 Å². The van der Waals surface area contributed by atoms with Gasteiger partial charge in [0.15, 0.2) is 0 Å². The summed E-state index contributed by atoms with van der Waals surface area (Å²) in [5.41, 5.74) is 3.18. The van der Waals surface area contributed by atoms with Crippen LogP contribution in [-0.2, 0) is 23.2 Å². The number of nitrogens with zero attached hydrogens (tertiary/aromatic N) is 4. The Morgan fingerprint density at radius 3 is 2.66 bits per heavy atom. The number of hydrogen-bond donors (Lipinski definition) is 3. The largest absolute Gasteiger partial charge is 0.340 e. The van der Waals surface area contributed by atoms with Gasteiger partial charge in [0.05, 0.1) is 35.2 Å². The number of carbonyl (C=O) groups excluding carboxylic acids is 3. The van der Waals surface area contributed by atoms with Gasteiger partial charge in [0, 0.05) is 38.9 Å². The van der Waals surface area contributed by atoms with Crippen molar-refractivity contribution >= 4 is 40.1 Å². The lowest BCUT2D eigenvalue weighted by atomic mass is 10.1. The minimum absolute atomic E-state index is 0.180. The van der Waals surface area contributed by atoms with Crippen molar-refractivity contribution in [2.45, 2.75) is 19.0 Å². The number of likely N-dealkylation sites (N-methyl/N-ethyl adjacent to an activating group) is 1. The molecule has 0 bridgehead atoms. The Labute approximate surface area is 203 Å². The van der Waals surface area contributed by atoms with E-state index in [1.54, 1.807) is 24.3 Å². The van der Waals surface area contributed by atoms with Crippen LogP contribution < -0.4 is 16.0 Å². The molecule has 3 heterocycles. The van der Waals surface area contributed by atoms with Crippen LogP contribution in [0.15, 0.2) is 42.5 Å². The van der Waals surface area contributed by atoms with Crippen molar-refractivity contribution in [2.24, 2.45) is 7.05 Å². The van der Waals surface area contributed by atoms with Gasteiger partial charge in [0.25, 0.3) is 5.91 Å². The first-order valence-electron chi connectivity index (χ1n) is 11.7. The van der Waals surface area contributed by atoms with Gasteiger partial charge in [-0.2, -0.15) is 0 Å². The monoisotopic (exact) mass is 475 g/mol. The number of para-hydroxylation sites is 1. The molecule has 5 rings (SSSR count).